The second-order valence-electron chi connectivity index (χ2n) is 5.09. The topological polar surface area (TPSA) is 36.9 Å². The van der Waals surface area contributed by atoms with Crippen LogP contribution in [0, 0.1) is 0 Å². The van der Waals surface area contributed by atoms with E-state index in [1.807, 2.05) is 0 Å². The van der Waals surface area contributed by atoms with E-state index in [9.17, 15) is 0 Å². The van der Waals surface area contributed by atoms with Crippen molar-refractivity contribution in [2.75, 3.05) is 26.4 Å². The summed E-state index contributed by atoms with van der Waals surface area (Å²) < 4.78 is 22.7. The van der Waals surface area contributed by atoms with Gasteiger partial charge in [0.15, 0.2) is 23.0 Å². The Hall–Kier alpha value is -1.66. The van der Waals surface area contributed by atoms with Crippen molar-refractivity contribution in [3.8, 4) is 23.0 Å². The highest BCUT2D eigenvalue weighted by molar-refractivity contribution is 8.05. The lowest BCUT2D eigenvalue weighted by molar-refractivity contribution is 0.170. The molecule has 0 radical (unpaired) electrons. The van der Waals surface area contributed by atoms with Gasteiger partial charge < -0.3 is 18.9 Å². The largest absolute Gasteiger partial charge is 0.486 e. The van der Waals surface area contributed by atoms with Crippen LogP contribution in [0.4, 0.5) is 0 Å². The summed E-state index contributed by atoms with van der Waals surface area (Å²) in [5.74, 6) is 3.33. The summed E-state index contributed by atoms with van der Waals surface area (Å²) in [6.07, 6.45) is 0. The molecule has 4 nitrogen and oxygen atoms in total. The molecular weight excluding hydrogens is 320 g/mol. The molecule has 5 rings (SSSR count). The summed E-state index contributed by atoms with van der Waals surface area (Å²) in [6, 6.07) is 8.28. The van der Waals surface area contributed by atoms with Gasteiger partial charge in [0.2, 0.25) is 0 Å². The van der Waals surface area contributed by atoms with E-state index in [0.717, 1.165) is 23.0 Å². The Morgan fingerprint density at radius 3 is 1.05 bits per heavy atom. The van der Waals surface area contributed by atoms with Gasteiger partial charge in [0.05, 0.1) is 0 Å². The van der Waals surface area contributed by atoms with Crippen LogP contribution in [0.2, 0.25) is 0 Å². The molecule has 6 heteroatoms. The van der Waals surface area contributed by atoms with Gasteiger partial charge >= 0.3 is 0 Å². The lowest BCUT2D eigenvalue weighted by atomic mass is 10.3. The lowest BCUT2D eigenvalue weighted by Crippen LogP contribution is -2.16. The van der Waals surface area contributed by atoms with Crippen molar-refractivity contribution in [1.29, 1.82) is 0 Å². The molecule has 0 atom stereocenters. The van der Waals surface area contributed by atoms with E-state index in [2.05, 4.69) is 24.3 Å². The van der Waals surface area contributed by atoms with Crippen molar-refractivity contribution >= 4 is 23.5 Å². The number of rotatable bonds is 0. The van der Waals surface area contributed by atoms with Gasteiger partial charge in [-0.25, -0.2) is 0 Å². The highest BCUT2D eigenvalue weighted by Gasteiger charge is 2.25. The van der Waals surface area contributed by atoms with Crippen molar-refractivity contribution in [1.82, 2.24) is 0 Å². The Bertz CT molecular complexity index is 648. The van der Waals surface area contributed by atoms with Gasteiger partial charge in [0, 0.05) is 19.6 Å². The molecule has 0 bridgehead atoms. The maximum Gasteiger partial charge on any atom is 0.162 e. The van der Waals surface area contributed by atoms with Crippen LogP contribution >= 0.6 is 23.5 Å². The second kappa shape index (κ2) is 4.93. The molecule has 22 heavy (non-hydrogen) atoms. The molecule has 2 aromatic rings. The van der Waals surface area contributed by atoms with Crippen molar-refractivity contribution in [3.63, 3.8) is 0 Å². The molecule has 3 heterocycles. The molecule has 0 N–H and O–H groups in total. The average Bonchev–Trinajstić information content (AvgIpc) is 2.56. The highest BCUT2D eigenvalue weighted by Crippen LogP contribution is 2.54. The summed E-state index contributed by atoms with van der Waals surface area (Å²) in [5, 5.41) is 0. The monoisotopic (exact) mass is 332 g/mol. The maximum absolute atomic E-state index is 5.68. The maximum atomic E-state index is 5.68. The first-order valence-corrected chi connectivity index (χ1v) is 8.73. The molecule has 0 saturated carbocycles. The molecule has 0 amide bonds. The molecule has 0 aliphatic carbocycles. The molecule has 112 valence electrons. The van der Waals surface area contributed by atoms with Crippen LogP contribution in [-0.2, 0) is 0 Å². The molecule has 0 fully saturated rings. The molecule has 0 aromatic heterocycles. The van der Waals surface area contributed by atoms with Gasteiger partial charge in [-0.2, -0.15) is 0 Å². The number of ether oxygens (including phenoxy) is 4. The fraction of sp³-hybridized carbons (Fsp3) is 0.250. The fourth-order valence-electron chi connectivity index (χ4n) is 2.66. The van der Waals surface area contributed by atoms with E-state index in [0.29, 0.717) is 26.4 Å². The van der Waals surface area contributed by atoms with Crippen LogP contribution in [0.25, 0.3) is 0 Å². The normalized spacial score (nSPS) is 17.5. The van der Waals surface area contributed by atoms with Crippen LogP contribution in [0.3, 0.4) is 0 Å². The number of fused-ring (bicyclic) bond motifs is 4. The first kappa shape index (κ1) is 12.8. The Kier molecular flexibility index (Phi) is 2.88. The molecule has 2 aromatic carbocycles. The summed E-state index contributed by atoms with van der Waals surface area (Å²) in [6.45, 7) is 2.44. The van der Waals surface area contributed by atoms with Crippen molar-refractivity contribution in [3.05, 3.63) is 24.3 Å². The predicted octanol–water partition coefficient (Wildman–Crippen LogP) is 3.84. The van der Waals surface area contributed by atoms with E-state index in [1.54, 1.807) is 23.5 Å². The van der Waals surface area contributed by atoms with Crippen LogP contribution in [0.1, 0.15) is 0 Å². The third-order valence-electron chi connectivity index (χ3n) is 3.66. The summed E-state index contributed by atoms with van der Waals surface area (Å²) in [7, 11) is 0. The molecule has 0 saturated heterocycles. The third-order valence-corrected chi connectivity index (χ3v) is 6.15. The first-order valence-electron chi connectivity index (χ1n) is 7.10. The lowest BCUT2D eigenvalue weighted by Gasteiger charge is -2.25. The van der Waals surface area contributed by atoms with E-state index in [1.165, 1.54) is 19.6 Å². The van der Waals surface area contributed by atoms with Crippen LogP contribution in [0.15, 0.2) is 43.8 Å². The quantitative estimate of drug-likeness (QED) is 0.622. The first-order chi connectivity index (χ1) is 10.9. The summed E-state index contributed by atoms with van der Waals surface area (Å²) in [5.41, 5.74) is 0. The molecule has 3 aliphatic heterocycles. The van der Waals surface area contributed by atoms with E-state index in [-0.39, 0.29) is 0 Å². The van der Waals surface area contributed by atoms with Gasteiger partial charge in [0.1, 0.15) is 26.4 Å². The van der Waals surface area contributed by atoms with Crippen molar-refractivity contribution in [2.45, 2.75) is 19.6 Å². The van der Waals surface area contributed by atoms with Crippen LogP contribution < -0.4 is 18.9 Å². The summed E-state index contributed by atoms with van der Waals surface area (Å²) in [4.78, 5) is 4.77. The van der Waals surface area contributed by atoms with Crippen molar-refractivity contribution in [2.24, 2.45) is 0 Å². The fourth-order valence-corrected chi connectivity index (χ4v) is 4.93. The van der Waals surface area contributed by atoms with Crippen molar-refractivity contribution < 1.29 is 18.9 Å². The smallest absolute Gasteiger partial charge is 0.162 e. The molecular formula is C16H12O4S2. The van der Waals surface area contributed by atoms with E-state index in [4.69, 9.17) is 18.9 Å². The minimum Gasteiger partial charge on any atom is -0.486 e. The Morgan fingerprint density at radius 1 is 0.500 bits per heavy atom. The van der Waals surface area contributed by atoms with E-state index >= 15 is 0 Å². The minimum absolute atomic E-state index is 0.610. The SMILES string of the molecule is c1c2c(cc3c1Sc1cc4c(cc1S3)OCCO4)OCCO2. The van der Waals surface area contributed by atoms with Gasteiger partial charge in [0.25, 0.3) is 0 Å². The predicted molar refractivity (Wildman–Crippen MR) is 83.1 cm³/mol. The minimum atomic E-state index is 0.610. The Balaban J connectivity index is 1.58. The zero-order chi connectivity index (χ0) is 14.5. The number of hydrogen-bond acceptors (Lipinski definition) is 6. The summed E-state index contributed by atoms with van der Waals surface area (Å²) >= 11 is 3.47. The standard InChI is InChI=1S/C16H12O4S2/c1-2-18-10-6-14-13(5-9(10)17-1)21-15-7-11-12(8-16(15)22-14)20-4-3-19-11/h5-8H,1-4H2. The number of benzene rings is 2. The van der Waals surface area contributed by atoms with Gasteiger partial charge in [-0.1, -0.05) is 23.5 Å². The van der Waals surface area contributed by atoms with Gasteiger partial charge in [-0.05, 0) is 24.3 Å². The third kappa shape index (κ3) is 2.01. The van der Waals surface area contributed by atoms with Crippen LogP contribution in [0.5, 0.6) is 23.0 Å². The van der Waals surface area contributed by atoms with E-state index < -0.39 is 0 Å². The van der Waals surface area contributed by atoms with Gasteiger partial charge in [-0.3, -0.25) is 0 Å². The Morgan fingerprint density at radius 2 is 0.773 bits per heavy atom. The molecule has 0 unspecified atom stereocenters. The van der Waals surface area contributed by atoms with Gasteiger partial charge in [-0.15, -0.1) is 0 Å². The average molecular weight is 332 g/mol. The Labute approximate surface area is 136 Å². The highest BCUT2D eigenvalue weighted by atomic mass is 32.2. The second-order valence-corrected chi connectivity index (χ2v) is 7.26. The molecule has 3 aliphatic rings. The molecule has 0 spiro atoms. The van der Waals surface area contributed by atoms with Crippen LogP contribution in [-0.4, -0.2) is 26.4 Å². The zero-order valence-electron chi connectivity index (χ0n) is 11.6. The zero-order valence-corrected chi connectivity index (χ0v) is 13.2. The number of hydrogen-bond donors (Lipinski definition) is 0.